The van der Waals surface area contributed by atoms with Gasteiger partial charge in [0, 0.05) is 29.3 Å². The van der Waals surface area contributed by atoms with Gasteiger partial charge in [-0.3, -0.25) is 4.79 Å². The molecule has 0 saturated heterocycles. The lowest BCUT2D eigenvalue weighted by molar-refractivity contribution is -0.142. The summed E-state index contributed by atoms with van der Waals surface area (Å²) in [6, 6.07) is 5.26. The summed E-state index contributed by atoms with van der Waals surface area (Å²) >= 11 is 0. The van der Waals surface area contributed by atoms with Gasteiger partial charge in [0.2, 0.25) is 0 Å². The maximum Gasteiger partial charge on any atom is 0.306 e. The Hall–Kier alpha value is -1.91. The number of hydrogen-bond acceptors (Lipinski definition) is 5. The standard InChI is InChI=1S/C14H19NO4/c1-17-11-5-10(15)6-12(7-11)19-9-14(3-4-14)8-13(16)18-2/h5-7H,3-4,8-9,15H2,1-2H3. The Kier molecular flexibility index (Phi) is 3.83. The second-order valence-electron chi connectivity index (χ2n) is 4.98. The molecule has 0 heterocycles. The van der Waals surface area contributed by atoms with Crippen molar-refractivity contribution >= 4 is 11.7 Å². The number of nitrogen functional groups attached to an aromatic ring is 1. The van der Waals surface area contributed by atoms with Crippen molar-refractivity contribution < 1.29 is 19.0 Å². The third-order valence-corrected chi connectivity index (χ3v) is 3.39. The van der Waals surface area contributed by atoms with E-state index >= 15 is 0 Å². The van der Waals surface area contributed by atoms with Crippen LogP contribution in [0.1, 0.15) is 19.3 Å². The van der Waals surface area contributed by atoms with Gasteiger partial charge in [-0.15, -0.1) is 0 Å². The minimum atomic E-state index is -0.189. The van der Waals surface area contributed by atoms with Gasteiger partial charge in [0.1, 0.15) is 11.5 Å². The highest BCUT2D eigenvalue weighted by molar-refractivity contribution is 5.70. The maximum absolute atomic E-state index is 11.3. The number of rotatable bonds is 6. The summed E-state index contributed by atoms with van der Waals surface area (Å²) in [7, 11) is 2.99. The van der Waals surface area contributed by atoms with Crippen molar-refractivity contribution in [2.75, 3.05) is 26.6 Å². The van der Waals surface area contributed by atoms with Crippen LogP contribution in [0.4, 0.5) is 5.69 Å². The minimum absolute atomic E-state index is 0.0646. The molecule has 0 radical (unpaired) electrons. The van der Waals surface area contributed by atoms with Crippen LogP contribution >= 0.6 is 0 Å². The number of nitrogens with two attached hydrogens (primary N) is 1. The van der Waals surface area contributed by atoms with Gasteiger partial charge in [0.15, 0.2) is 0 Å². The van der Waals surface area contributed by atoms with E-state index in [0.29, 0.717) is 30.2 Å². The van der Waals surface area contributed by atoms with E-state index in [-0.39, 0.29) is 11.4 Å². The Labute approximate surface area is 112 Å². The average molecular weight is 265 g/mol. The lowest BCUT2D eigenvalue weighted by Gasteiger charge is -2.15. The number of esters is 1. The second kappa shape index (κ2) is 5.38. The van der Waals surface area contributed by atoms with Gasteiger partial charge in [0.25, 0.3) is 0 Å². The fourth-order valence-electron chi connectivity index (χ4n) is 1.96. The van der Waals surface area contributed by atoms with Gasteiger partial charge in [-0.1, -0.05) is 0 Å². The van der Waals surface area contributed by atoms with Crippen LogP contribution < -0.4 is 15.2 Å². The van der Waals surface area contributed by atoms with Crippen LogP contribution in [0.3, 0.4) is 0 Å². The molecule has 1 saturated carbocycles. The molecule has 1 aliphatic rings. The number of ether oxygens (including phenoxy) is 3. The summed E-state index contributed by atoms with van der Waals surface area (Å²) in [4.78, 5) is 11.3. The Morgan fingerprint density at radius 2 is 1.95 bits per heavy atom. The minimum Gasteiger partial charge on any atom is -0.497 e. The van der Waals surface area contributed by atoms with E-state index in [2.05, 4.69) is 0 Å². The molecule has 19 heavy (non-hydrogen) atoms. The molecular weight excluding hydrogens is 246 g/mol. The molecule has 1 aromatic rings. The molecule has 1 aliphatic carbocycles. The number of anilines is 1. The van der Waals surface area contributed by atoms with Crippen molar-refractivity contribution in [1.82, 2.24) is 0 Å². The SMILES string of the molecule is COC(=O)CC1(COc2cc(N)cc(OC)c2)CC1. The molecule has 5 heteroatoms. The van der Waals surface area contributed by atoms with Gasteiger partial charge in [0.05, 0.1) is 27.2 Å². The van der Waals surface area contributed by atoms with Crippen LogP contribution in [0, 0.1) is 5.41 Å². The van der Waals surface area contributed by atoms with Crippen molar-refractivity contribution in [1.29, 1.82) is 0 Å². The first kappa shape index (κ1) is 13.5. The van der Waals surface area contributed by atoms with E-state index in [1.165, 1.54) is 7.11 Å². The number of hydrogen-bond donors (Lipinski definition) is 1. The molecule has 104 valence electrons. The zero-order valence-electron chi connectivity index (χ0n) is 11.3. The summed E-state index contributed by atoms with van der Waals surface area (Å²) in [6.07, 6.45) is 2.38. The summed E-state index contributed by atoms with van der Waals surface area (Å²) in [5.41, 5.74) is 6.28. The Morgan fingerprint density at radius 3 is 2.53 bits per heavy atom. The zero-order chi connectivity index (χ0) is 13.9. The van der Waals surface area contributed by atoms with Gasteiger partial charge < -0.3 is 19.9 Å². The van der Waals surface area contributed by atoms with E-state index in [9.17, 15) is 4.79 Å². The molecule has 0 amide bonds. The third-order valence-electron chi connectivity index (χ3n) is 3.39. The van der Waals surface area contributed by atoms with Crippen molar-refractivity contribution in [2.45, 2.75) is 19.3 Å². The molecule has 2 N–H and O–H groups in total. The zero-order valence-corrected chi connectivity index (χ0v) is 11.3. The van der Waals surface area contributed by atoms with E-state index < -0.39 is 0 Å². The molecular formula is C14H19NO4. The molecule has 0 spiro atoms. The average Bonchev–Trinajstić information content (AvgIpc) is 3.16. The van der Waals surface area contributed by atoms with Crippen molar-refractivity contribution in [3.8, 4) is 11.5 Å². The highest BCUT2D eigenvalue weighted by atomic mass is 16.5. The number of carbonyl (C=O) groups is 1. The first-order chi connectivity index (χ1) is 9.07. The van der Waals surface area contributed by atoms with E-state index in [4.69, 9.17) is 19.9 Å². The Bertz CT molecular complexity index is 469. The van der Waals surface area contributed by atoms with Crippen molar-refractivity contribution in [3.63, 3.8) is 0 Å². The number of carbonyl (C=O) groups excluding carboxylic acids is 1. The first-order valence-corrected chi connectivity index (χ1v) is 6.21. The van der Waals surface area contributed by atoms with Crippen LogP contribution in [0.2, 0.25) is 0 Å². The molecule has 1 aromatic carbocycles. The predicted molar refractivity (Wildman–Crippen MR) is 71.2 cm³/mol. The molecule has 0 unspecified atom stereocenters. The molecule has 2 rings (SSSR count). The fraction of sp³-hybridized carbons (Fsp3) is 0.500. The topological polar surface area (TPSA) is 70.8 Å². The largest absolute Gasteiger partial charge is 0.497 e. The summed E-state index contributed by atoms with van der Waals surface area (Å²) in [5.74, 6) is 1.13. The second-order valence-corrected chi connectivity index (χ2v) is 4.98. The number of methoxy groups -OCH3 is 2. The summed E-state index contributed by atoms with van der Waals surface area (Å²) in [6.45, 7) is 0.495. The highest BCUT2D eigenvalue weighted by Crippen LogP contribution is 2.49. The van der Waals surface area contributed by atoms with E-state index in [1.54, 1.807) is 25.3 Å². The van der Waals surface area contributed by atoms with Gasteiger partial charge in [-0.05, 0) is 12.8 Å². The first-order valence-electron chi connectivity index (χ1n) is 6.21. The smallest absolute Gasteiger partial charge is 0.306 e. The van der Waals surface area contributed by atoms with Crippen molar-refractivity contribution in [3.05, 3.63) is 18.2 Å². The Morgan fingerprint density at radius 1 is 1.26 bits per heavy atom. The molecule has 0 aromatic heterocycles. The Balaban J connectivity index is 1.95. The van der Waals surface area contributed by atoms with Gasteiger partial charge in [-0.2, -0.15) is 0 Å². The predicted octanol–water partition coefficient (Wildman–Crippen LogP) is 2.00. The van der Waals surface area contributed by atoms with Crippen LogP contribution in [-0.4, -0.2) is 26.8 Å². The highest BCUT2D eigenvalue weighted by Gasteiger charge is 2.45. The maximum atomic E-state index is 11.3. The summed E-state index contributed by atoms with van der Waals surface area (Å²) in [5, 5.41) is 0. The molecule has 5 nitrogen and oxygen atoms in total. The van der Waals surface area contributed by atoms with Crippen LogP contribution in [0.5, 0.6) is 11.5 Å². The van der Waals surface area contributed by atoms with Crippen LogP contribution in [0.25, 0.3) is 0 Å². The van der Waals surface area contributed by atoms with Crippen LogP contribution in [-0.2, 0) is 9.53 Å². The summed E-state index contributed by atoms with van der Waals surface area (Å²) < 4.78 is 15.6. The van der Waals surface area contributed by atoms with Crippen molar-refractivity contribution in [2.24, 2.45) is 5.41 Å². The number of benzene rings is 1. The third kappa shape index (κ3) is 3.53. The molecule has 1 fully saturated rings. The fourth-order valence-corrected chi connectivity index (χ4v) is 1.96. The lowest BCUT2D eigenvalue weighted by Crippen LogP contribution is -2.18. The van der Waals surface area contributed by atoms with Gasteiger partial charge in [-0.25, -0.2) is 0 Å². The quantitative estimate of drug-likeness (QED) is 0.629. The van der Waals surface area contributed by atoms with Crippen LogP contribution in [0.15, 0.2) is 18.2 Å². The normalized spacial score (nSPS) is 15.7. The molecule has 0 atom stereocenters. The monoisotopic (exact) mass is 265 g/mol. The lowest BCUT2D eigenvalue weighted by atomic mass is 10.0. The molecule has 0 aliphatic heterocycles. The van der Waals surface area contributed by atoms with E-state index in [1.807, 2.05) is 0 Å². The molecule has 0 bridgehead atoms. The van der Waals surface area contributed by atoms with Gasteiger partial charge >= 0.3 is 5.97 Å². The van der Waals surface area contributed by atoms with E-state index in [0.717, 1.165) is 12.8 Å².